The maximum absolute atomic E-state index is 11.4. The van der Waals surface area contributed by atoms with E-state index in [1.165, 1.54) is 0 Å². The van der Waals surface area contributed by atoms with Crippen LogP contribution < -0.4 is 5.32 Å². The van der Waals surface area contributed by atoms with E-state index in [1.54, 1.807) is 0 Å². The van der Waals surface area contributed by atoms with Crippen molar-refractivity contribution in [3.8, 4) is 0 Å². The average Bonchev–Trinajstić information content (AvgIpc) is 2.46. The summed E-state index contributed by atoms with van der Waals surface area (Å²) in [6, 6.07) is 0. The molecule has 1 saturated heterocycles. The van der Waals surface area contributed by atoms with Crippen LogP contribution in [0, 0.1) is 5.92 Å². The van der Waals surface area contributed by atoms with Gasteiger partial charge in [-0.25, -0.2) is 0 Å². The van der Waals surface area contributed by atoms with Gasteiger partial charge in [-0.05, 0) is 26.4 Å². The van der Waals surface area contributed by atoms with Gasteiger partial charge < -0.3 is 15.0 Å². The average molecular weight is 214 g/mol. The maximum Gasteiger partial charge on any atom is 0.309 e. The van der Waals surface area contributed by atoms with Crippen LogP contribution in [-0.2, 0) is 9.53 Å². The minimum atomic E-state index is -0.0743. The van der Waals surface area contributed by atoms with E-state index in [4.69, 9.17) is 4.74 Å². The lowest BCUT2D eigenvalue weighted by molar-refractivity contribution is -0.148. The maximum atomic E-state index is 11.4. The highest BCUT2D eigenvalue weighted by atomic mass is 16.5. The molecule has 1 heterocycles. The van der Waals surface area contributed by atoms with Crippen LogP contribution in [0.5, 0.6) is 0 Å². The summed E-state index contributed by atoms with van der Waals surface area (Å²) >= 11 is 0. The topological polar surface area (TPSA) is 41.6 Å². The molecular formula is C11H22N2O2. The Balaban J connectivity index is 2.28. The van der Waals surface area contributed by atoms with Crippen molar-refractivity contribution in [3.05, 3.63) is 0 Å². The molecule has 1 rings (SSSR count). The van der Waals surface area contributed by atoms with E-state index in [0.29, 0.717) is 6.61 Å². The lowest BCUT2D eigenvalue weighted by Gasteiger charge is -2.22. The second kappa shape index (κ2) is 6.80. The van der Waals surface area contributed by atoms with E-state index >= 15 is 0 Å². The minimum absolute atomic E-state index is 0.0111. The number of esters is 1. The van der Waals surface area contributed by atoms with Crippen LogP contribution >= 0.6 is 0 Å². The van der Waals surface area contributed by atoms with E-state index < -0.39 is 0 Å². The van der Waals surface area contributed by atoms with Gasteiger partial charge in [0.05, 0.1) is 12.5 Å². The first kappa shape index (κ1) is 12.5. The predicted molar refractivity (Wildman–Crippen MR) is 59.7 cm³/mol. The number of hydrogen-bond acceptors (Lipinski definition) is 4. The third kappa shape index (κ3) is 4.62. The van der Waals surface area contributed by atoms with Crippen molar-refractivity contribution in [1.82, 2.24) is 10.2 Å². The lowest BCUT2D eigenvalue weighted by Crippen LogP contribution is -2.35. The molecule has 1 N–H and O–H groups in total. The fourth-order valence-electron chi connectivity index (χ4n) is 1.83. The van der Waals surface area contributed by atoms with Gasteiger partial charge in [-0.3, -0.25) is 4.79 Å². The van der Waals surface area contributed by atoms with E-state index in [-0.39, 0.29) is 11.9 Å². The number of nitrogens with zero attached hydrogens (tertiary/aromatic N) is 1. The summed E-state index contributed by atoms with van der Waals surface area (Å²) in [5, 5.41) is 3.35. The van der Waals surface area contributed by atoms with Crippen LogP contribution in [0.3, 0.4) is 0 Å². The Kier molecular flexibility index (Phi) is 5.65. The quantitative estimate of drug-likeness (QED) is 0.691. The Hall–Kier alpha value is -0.610. The third-order valence-electron chi connectivity index (χ3n) is 2.65. The van der Waals surface area contributed by atoms with Crippen LogP contribution in [-0.4, -0.2) is 50.2 Å². The molecule has 1 fully saturated rings. The molecule has 1 unspecified atom stereocenters. The molecule has 88 valence electrons. The van der Waals surface area contributed by atoms with Gasteiger partial charge >= 0.3 is 5.97 Å². The van der Waals surface area contributed by atoms with Gasteiger partial charge in [-0.2, -0.15) is 0 Å². The molecule has 1 aliphatic heterocycles. The summed E-state index contributed by atoms with van der Waals surface area (Å²) in [5.41, 5.74) is 0. The van der Waals surface area contributed by atoms with Gasteiger partial charge in [0.1, 0.15) is 0 Å². The van der Waals surface area contributed by atoms with Gasteiger partial charge in [-0.1, -0.05) is 6.92 Å². The molecule has 0 radical (unpaired) electrons. The molecular weight excluding hydrogens is 192 g/mol. The molecule has 0 bridgehead atoms. The fraction of sp³-hybridized carbons (Fsp3) is 0.909. The monoisotopic (exact) mass is 214 g/mol. The zero-order valence-electron chi connectivity index (χ0n) is 9.79. The van der Waals surface area contributed by atoms with E-state index in [9.17, 15) is 4.79 Å². The summed E-state index contributed by atoms with van der Waals surface area (Å²) < 4.78 is 5.00. The SMILES string of the molecule is CCOC(=O)C(C)CN1CCCNCC1. The Bertz CT molecular complexity index is 189. The molecule has 4 nitrogen and oxygen atoms in total. The highest BCUT2D eigenvalue weighted by Gasteiger charge is 2.18. The Labute approximate surface area is 92.0 Å². The van der Waals surface area contributed by atoms with Crippen molar-refractivity contribution in [2.24, 2.45) is 5.92 Å². The van der Waals surface area contributed by atoms with Crippen LogP contribution in [0.15, 0.2) is 0 Å². The van der Waals surface area contributed by atoms with Crippen LogP contribution in [0.2, 0.25) is 0 Å². The standard InChI is InChI=1S/C11H22N2O2/c1-3-15-11(14)10(2)9-13-7-4-5-12-6-8-13/h10,12H,3-9H2,1-2H3. The first-order chi connectivity index (χ1) is 7.24. The summed E-state index contributed by atoms with van der Waals surface area (Å²) in [4.78, 5) is 13.8. The molecule has 15 heavy (non-hydrogen) atoms. The summed E-state index contributed by atoms with van der Waals surface area (Å²) in [6.07, 6.45) is 1.16. The van der Waals surface area contributed by atoms with E-state index in [1.807, 2.05) is 13.8 Å². The molecule has 4 heteroatoms. The van der Waals surface area contributed by atoms with E-state index in [0.717, 1.165) is 39.1 Å². The number of carbonyl (C=O) groups excluding carboxylic acids is 1. The molecule has 0 spiro atoms. The zero-order chi connectivity index (χ0) is 11.1. The Morgan fingerprint density at radius 3 is 3.00 bits per heavy atom. The summed E-state index contributed by atoms with van der Waals surface area (Å²) in [6.45, 7) is 9.31. The molecule has 0 aromatic heterocycles. The zero-order valence-corrected chi connectivity index (χ0v) is 9.79. The molecule has 0 saturated carbocycles. The van der Waals surface area contributed by atoms with Gasteiger partial charge in [-0.15, -0.1) is 0 Å². The normalized spacial score (nSPS) is 20.7. The van der Waals surface area contributed by atoms with Crippen molar-refractivity contribution in [2.75, 3.05) is 39.3 Å². The first-order valence-corrected chi connectivity index (χ1v) is 5.83. The fourth-order valence-corrected chi connectivity index (χ4v) is 1.83. The molecule has 0 aliphatic carbocycles. The van der Waals surface area contributed by atoms with Crippen molar-refractivity contribution in [1.29, 1.82) is 0 Å². The second-order valence-corrected chi connectivity index (χ2v) is 4.06. The number of rotatable bonds is 4. The van der Waals surface area contributed by atoms with Crippen molar-refractivity contribution >= 4 is 5.97 Å². The van der Waals surface area contributed by atoms with Crippen LogP contribution in [0.25, 0.3) is 0 Å². The molecule has 0 aromatic rings. The van der Waals surface area contributed by atoms with Crippen molar-refractivity contribution in [2.45, 2.75) is 20.3 Å². The molecule has 1 aliphatic rings. The highest BCUT2D eigenvalue weighted by molar-refractivity contribution is 5.72. The van der Waals surface area contributed by atoms with E-state index in [2.05, 4.69) is 10.2 Å². The van der Waals surface area contributed by atoms with Crippen LogP contribution in [0.1, 0.15) is 20.3 Å². The first-order valence-electron chi connectivity index (χ1n) is 5.83. The number of carbonyl (C=O) groups is 1. The smallest absolute Gasteiger partial charge is 0.309 e. The van der Waals surface area contributed by atoms with Gasteiger partial charge in [0.25, 0.3) is 0 Å². The molecule has 0 amide bonds. The minimum Gasteiger partial charge on any atom is -0.466 e. The van der Waals surface area contributed by atoms with Crippen molar-refractivity contribution in [3.63, 3.8) is 0 Å². The van der Waals surface area contributed by atoms with Gasteiger partial charge in [0.2, 0.25) is 0 Å². The number of ether oxygens (including phenoxy) is 1. The summed E-state index contributed by atoms with van der Waals surface area (Å²) in [5.74, 6) is -0.0854. The highest BCUT2D eigenvalue weighted by Crippen LogP contribution is 2.04. The summed E-state index contributed by atoms with van der Waals surface area (Å²) in [7, 11) is 0. The lowest BCUT2D eigenvalue weighted by atomic mass is 10.1. The second-order valence-electron chi connectivity index (χ2n) is 4.06. The predicted octanol–water partition coefficient (Wildman–Crippen LogP) is 0.481. The Morgan fingerprint density at radius 2 is 2.27 bits per heavy atom. The van der Waals surface area contributed by atoms with Gasteiger partial charge in [0.15, 0.2) is 0 Å². The molecule has 1 atom stereocenters. The van der Waals surface area contributed by atoms with Crippen LogP contribution in [0.4, 0.5) is 0 Å². The third-order valence-corrected chi connectivity index (χ3v) is 2.65. The van der Waals surface area contributed by atoms with Gasteiger partial charge in [0, 0.05) is 19.6 Å². The molecule has 0 aromatic carbocycles. The number of hydrogen-bond donors (Lipinski definition) is 1. The van der Waals surface area contributed by atoms with Crippen molar-refractivity contribution < 1.29 is 9.53 Å². The number of nitrogens with one attached hydrogen (secondary N) is 1. The Morgan fingerprint density at radius 1 is 1.47 bits per heavy atom. The largest absolute Gasteiger partial charge is 0.466 e.